The summed E-state index contributed by atoms with van der Waals surface area (Å²) in [6.07, 6.45) is 7.61. The molecule has 1 amide bonds. The molecule has 0 unspecified atom stereocenters. The van der Waals surface area contributed by atoms with Gasteiger partial charge in [-0.15, -0.1) is 11.3 Å². The van der Waals surface area contributed by atoms with Gasteiger partial charge in [-0.3, -0.25) is 14.7 Å². The first-order valence-corrected chi connectivity index (χ1v) is 8.96. The maximum atomic E-state index is 12.6. The number of carbonyl (C=O) groups is 1. The molecular weight excluding hydrogens is 334 g/mol. The Morgan fingerprint density at radius 2 is 2.27 bits per heavy atom. The van der Waals surface area contributed by atoms with E-state index in [9.17, 15) is 4.79 Å². The first kappa shape index (κ1) is 14.0. The zero-order valence-electron chi connectivity index (χ0n) is 11.4. The molecule has 1 aliphatic heterocycles. The van der Waals surface area contributed by atoms with E-state index in [4.69, 9.17) is 12.2 Å². The van der Waals surface area contributed by atoms with E-state index < -0.39 is 0 Å². The third-order valence-corrected chi connectivity index (χ3v) is 5.77. The van der Waals surface area contributed by atoms with Crippen molar-refractivity contribution in [2.24, 2.45) is 0 Å². The molecule has 4 nitrogen and oxygen atoms in total. The molecule has 1 saturated carbocycles. The lowest BCUT2D eigenvalue weighted by atomic mass is 10.3. The van der Waals surface area contributed by atoms with E-state index in [2.05, 4.69) is 9.97 Å². The fourth-order valence-electron chi connectivity index (χ4n) is 2.20. The molecule has 4 rings (SSSR count). The SMILES string of the molecule is O=C1C(=Cc2csc(C3CC3)n2)SC(=S)N1c1cccnc1. The summed E-state index contributed by atoms with van der Waals surface area (Å²) in [5.41, 5.74) is 1.55. The summed E-state index contributed by atoms with van der Waals surface area (Å²) >= 11 is 8.31. The number of hydrogen-bond donors (Lipinski definition) is 0. The van der Waals surface area contributed by atoms with Crippen LogP contribution in [-0.4, -0.2) is 20.2 Å². The quantitative estimate of drug-likeness (QED) is 0.625. The molecule has 0 bridgehead atoms. The van der Waals surface area contributed by atoms with Crippen molar-refractivity contribution in [2.45, 2.75) is 18.8 Å². The first-order chi connectivity index (χ1) is 10.7. The number of hydrogen-bond acceptors (Lipinski definition) is 6. The lowest BCUT2D eigenvalue weighted by Crippen LogP contribution is -2.27. The molecule has 1 saturated heterocycles. The zero-order chi connectivity index (χ0) is 15.1. The average molecular weight is 345 g/mol. The van der Waals surface area contributed by atoms with E-state index >= 15 is 0 Å². The van der Waals surface area contributed by atoms with Crippen LogP contribution in [0.4, 0.5) is 5.69 Å². The second-order valence-corrected chi connectivity index (χ2v) is 7.68. The second-order valence-electron chi connectivity index (χ2n) is 5.11. The number of thioether (sulfide) groups is 1. The van der Waals surface area contributed by atoms with Gasteiger partial charge < -0.3 is 0 Å². The van der Waals surface area contributed by atoms with Gasteiger partial charge in [-0.1, -0.05) is 24.0 Å². The first-order valence-electron chi connectivity index (χ1n) is 6.86. The zero-order valence-corrected chi connectivity index (χ0v) is 13.9. The molecule has 22 heavy (non-hydrogen) atoms. The van der Waals surface area contributed by atoms with Crippen LogP contribution in [0.2, 0.25) is 0 Å². The molecular formula is C15H11N3OS3. The van der Waals surface area contributed by atoms with Gasteiger partial charge in [-0.25, -0.2) is 4.98 Å². The van der Waals surface area contributed by atoms with Gasteiger partial charge in [0.25, 0.3) is 5.91 Å². The summed E-state index contributed by atoms with van der Waals surface area (Å²) < 4.78 is 0.530. The summed E-state index contributed by atoms with van der Waals surface area (Å²) in [7, 11) is 0. The Kier molecular flexibility index (Phi) is 3.56. The van der Waals surface area contributed by atoms with Crippen molar-refractivity contribution in [3.05, 3.63) is 45.5 Å². The molecule has 2 aromatic rings. The maximum absolute atomic E-state index is 12.6. The highest BCUT2D eigenvalue weighted by Gasteiger charge is 2.34. The van der Waals surface area contributed by atoms with Gasteiger partial charge >= 0.3 is 0 Å². The van der Waals surface area contributed by atoms with Crippen molar-refractivity contribution in [1.29, 1.82) is 0 Å². The summed E-state index contributed by atoms with van der Waals surface area (Å²) in [6.45, 7) is 0. The smallest absolute Gasteiger partial charge is 0.268 e. The van der Waals surface area contributed by atoms with Crippen LogP contribution in [0.15, 0.2) is 34.8 Å². The minimum absolute atomic E-state index is 0.107. The Morgan fingerprint density at radius 3 is 3.00 bits per heavy atom. The summed E-state index contributed by atoms with van der Waals surface area (Å²) in [5.74, 6) is 0.529. The van der Waals surface area contributed by atoms with Gasteiger partial charge in [0.05, 0.1) is 27.5 Å². The summed E-state index contributed by atoms with van der Waals surface area (Å²) in [5, 5.41) is 3.18. The van der Waals surface area contributed by atoms with Crippen molar-refractivity contribution < 1.29 is 4.79 Å². The van der Waals surface area contributed by atoms with Crippen molar-refractivity contribution in [2.75, 3.05) is 4.90 Å². The second kappa shape index (κ2) is 5.57. The number of thiocarbonyl (C=S) groups is 1. The molecule has 0 N–H and O–H groups in total. The van der Waals surface area contributed by atoms with Crippen LogP contribution in [0.25, 0.3) is 6.08 Å². The highest BCUT2D eigenvalue weighted by molar-refractivity contribution is 8.27. The van der Waals surface area contributed by atoms with Gasteiger partial charge in [0.2, 0.25) is 0 Å². The summed E-state index contributed by atoms with van der Waals surface area (Å²) in [6, 6.07) is 3.62. The van der Waals surface area contributed by atoms with E-state index in [0.717, 1.165) is 5.69 Å². The van der Waals surface area contributed by atoms with Crippen molar-refractivity contribution >= 4 is 57.3 Å². The Bertz CT molecular complexity index is 780. The van der Waals surface area contributed by atoms with Crippen LogP contribution >= 0.6 is 35.3 Å². The molecule has 0 atom stereocenters. The van der Waals surface area contributed by atoms with Crippen LogP contribution in [0.5, 0.6) is 0 Å². The number of carbonyl (C=O) groups excluding carboxylic acids is 1. The van der Waals surface area contributed by atoms with Crippen LogP contribution in [0, 0.1) is 0 Å². The number of pyridine rings is 1. The van der Waals surface area contributed by atoms with Gasteiger partial charge in [0.1, 0.15) is 0 Å². The number of thiazole rings is 1. The van der Waals surface area contributed by atoms with Crippen LogP contribution in [0.3, 0.4) is 0 Å². The molecule has 110 valence electrons. The number of anilines is 1. The highest BCUT2D eigenvalue weighted by atomic mass is 32.2. The van der Waals surface area contributed by atoms with Crippen molar-refractivity contribution in [3.8, 4) is 0 Å². The number of rotatable bonds is 3. The van der Waals surface area contributed by atoms with Gasteiger partial charge in [-0.2, -0.15) is 0 Å². The Hall–Kier alpha value is -1.57. The predicted octanol–water partition coefficient (Wildman–Crippen LogP) is 3.82. The Labute approximate surface area is 141 Å². The number of nitrogens with zero attached hydrogens (tertiary/aromatic N) is 3. The summed E-state index contributed by atoms with van der Waals surface area (Å²) in [4.78, 5) is 23.3. The minimum atomic E-state index is -0.107. The van der Waals surface area contributed by atoms with E-state index in [1.54, 1.807) is 29.8 Å². The van der Waals surface area contributed by atoms with Crippen molar-refractivity contribution in [3.63, 3.8) is 0 Å². The van der Waals surface area contributed by atoms with Gasteiger partial charge in [-0.05, 0) is 31.1 Å². The minimum Gasteiger partial charge on any atom is -0.268 e. The maximum Gasteiger partial charge on any atom is 0.270 e. The lowest BCUT2D eigenvalue weighted by molar-refractivity contribution is -0.113. The topological polar surface area (TPSA) is 46.1 Å². The predicted molar refractivity (Wildman–Crippen MR) is 94.0 cm³/mol. The lowest BCUT2D eigenvalue weighted by Gasteiger charge is -2.13. The standard InChI is InChI=1S/C15H11N3OS3/c19-14-12(6-10-8-21-13(17-10)9-3-4-9)22-15(20)18(14)11-2-1-5-16-7-11/h1-2,5-9H,3-4H2. The van der Waals surface area contributed by atoms with E-state index in [-0.39, 0.29) is 5.91 Å². The molecule has 2 aliphatic rings. The van der Waals surface area contributed by atoms with Crippen LogP contribution in [-0.2, 0) is 4.79 Å². The third kappa shape index (κ3) is 2.60. The van der Waals surface area contributed by atoms with Gasteiger partial charge in [0, 0.05) is 17.5 Å². The molecule has 0 radical (unpaired) electrons. The Morgan fingerprint density at radius 1 is 1.41 bits per heavy atom. The average Bonchev–Trinajstić information content (AvgIpc) is 3.21. The normalized spacial score (nSPS) is 20.2. The molecule has 2 fully saturated rings. The molecule has 3 heterocycles. The fourth-order valence-corrected chi connectivity index (χ4v) is 4.43. The van der Waals surface area contributed by atoms with Gasteiger partial charge in [0.15, 0.2) is 4.32 Å². The molecule has 0 spiro atoms. The van der Waals surface area contributed by atoms with E-state index in [1.807, 2.05) is 17.5 Å². The van der Waals surface area contributed by atoms with Crippen LogP contribution in [0.1, 0.15) is 29.5 Å². The number of amides is 1. The molecule has 1 aliphatic carbocycles. The van der Waals surface area contributed by atoms with E-state index in [1.165, 1.54) is 34.5 Å². The largest absolute Gasteiger partial charge is 0.270 e. The Balaban J connectivity index is 1.61. The highest BCUT2D eigenvalue weighted by Crippen LogP contribution is 2.42. The van der Waals surface area contributed by atoms with Crippen molar-refractivity contribution in [1.82, 2.24) is 9.97 Å². The fraction of sp³-hybridized carbons (Fsp3) is 0.200. The van der Waals surface area contributed by atoms with Crippen LogP contribution < -0.4 is 4.90 Å². The molecule has 2 aromatic heterocycles. The van der Waals surface area contributed by atoms with E-state index in [0.29, 0.717) is 20.8 Å². The number of aromatic nitrogens is 2. The third-order valence-electron chi connectivity index (χ3n) is 3.44. The molecule has 7 heteroatoms. The molecule has 0 aromatic carbocycles. The monoisotopic (exact) mass is 345 g/mol.